The molecule has 0 spiro atoms. The molecule has 0 bridgehead atoms. The lowest BCUT2D eigenvalue weighted by atomic mass is 10.1. The standard InChI is InChI=1S/C19H22ClFN4O/c1-22-19(24-11-10-14-2-8-17(21)9-3-14)25-13-12-23-18(26)15-4-6-16(20)7-5-15/h2-9H,10-13H2,1H3,(H,23,26)(H2,22,24,25). The zero-order valence-electron chi connectivity index (χ0n) is 14.6. The van der Waals surface area contributed by atoms with Crippen LogP contribution < -0.4 is 16.0 Å². The van der Waals surface area contributed by atoms with Gasteiger partial charge in [0, 0.05) is 37.3 Å². The third kappa shape index (κ3) is 6.72. The number of hydrogen-bond donors (Lipinski definition) is 3. The van der Waals surface area contributed by atoms with Gasteiger partial charge in [0.1, 0.15) is 5.82 Å². The summed E-state index contributed by atoms with van der Waals surface area (Å²) in [5.74, 6) is 0.260. The summed E-state index contributed by atoms with van der Waals surface area (Å²) in [7, 11) is 1.68. The van der Waals surface area contributed by atoms with Gasteiger partial charge in [0.25, 0.3) is 5.91 Å². The summed E-state index contributed by atoms with van der Waals surface area (Å²) < 4.78 is 12.9. The van der Waals surface area contributed by atoms with Crippen LogP contribution in [0.15, 0.2) is 53.5 Å². The Morgan fingerprint density at radius 1 is 0.962 bits per heavy atom. The maximum atomic E-state index is 12.9. The number of nitrogens with zero attached hydrogens (tertiary/aromatic N) is 1. The van der Waals surface area contributed by atoms with Gasteiger partial charge >= 0.3 is 0 Å². The van der Waals surface area contributed by atoms with Crippen molar-refractivity contribution in [2.45, 2.75) is 6.42 Å². The van der Waals surface area contributed by atoms with E-state index >= 15 is 0 Å². The Kier molecular flexibility index (Phi) is 7.89. The molecule has 3 N–H and O–H groups in total. The average Bonchev–Trinajstić information content (AvgIpc) is 2.65. The maximum Gasteiger partial charge on any atom is 0.251 e. The van der Waals surface area contributed by atoms with Crippen LogP contribution in [0.5, 0.6) is 0 Å². The minimum absolute atomic E-state index is 0.150. The van der Waals surface area contributed by atoms with Gasteiger partial charge in [-0.2, -0.15) is 0 Å². The first-order valence-corrected chi connectivity index (χ1v) is 8.69. The van der Waals surface area contributed by atoms with E-state index < -0.39 is 0 Å². The Labute approximate surface area is 157 Å². The van der Waals surface area contributed by atoms with Gasteiger partial charge in [-0.1, -0.05) is 23.7 Å². The first kappa shape index (κ1) is 19.7. The largest absolute Gasteiger partial charge is 0.356 e. The van der Waals surface area contributed by atoms with Crippen molar-refractivity contribution in [3.63, 3.8) is 0 Å². The lowest BCUT2D eigenvalue weighted by Crippen LogP contribution is -2.42. The smallest absolute Gasteiger partial charge is 0.251 e. The van der Waals surface area contributed by atoms with E-state index in [2.05, 4.69) is 20.9 Å². The molecule has 2 rings (SSSR count). The number of hydrogen-bond acceptors (Lipinski definition) is 2. The molecule has 2 aromatic rings. The summed E-state index contributed by atoms with van der Waals surface area (Å²) in [6.07, 6.45) is 0.758. The number of rotatable bonds is 7. The van der Waals surface area contributed by atoms with Crippen LogP contribution in [0, 0.1) is 5.82 Å². The highest BCUT2D eigenvalue weighted by Crippen LogP contribution is 2.09. The number of amides is 1. The van der Waals surface area contributed by atoms with Crippen LogP contribution in [-0.4, -0.2) is 38.5 Å². The van der Waals surface area contributed by atoms with Gasteiger partial charge in [0.15, 0.2) is 5.96 Å². The molecular weight excluding hydrogens is 355 g/mol. The van der Waals surface area contributed by atoms with Gasteiger partial charge in [-0.25, -0.2) is 4.39 Å². The number of aliphatic imine (C=N–C) groups is 1. The van der Waals surface area contributed by atoms with E-state index in [9.17, 15) is 9.18 Å². The van der Waals surface area contributed by atoms with Crippen molar-refractivity contribution in [2.75, 3.05) is 26.7 Å². The fraction of sp³-hybridized carbons (Fsp3) is 0.263. The number of nitrogens with one attached hydrogen (secondary N) is 3. The Morgan fingerprint density at radius 3 is 2.23 bits per heavy atom. The van der Waals surface area contributed by atoms with Crippen LogP contribution in [-0.2, 0) is 6.42 Å². The molecule has 0 aliphatic rings. The lowest BCUT2D eigenvalue weighted by Gasteiger charge is -2.12. The fourth-order valence-corrected chi connectivity index (χ4v) is 2.38. The number of carbonyl (C=O) groups excluding carboxylic acids is 1. The lowest BCUT2D eigenvalue weighted by molar-refractivity contribution is 0.0954. The summed E-state index contributed by atoms with van der Waals surface area (Å²) >= 11 is 5.80. The van der Waals surface area contributed by atoms with Crippen LogP contribution in [0.1, 0.15) is 15.9 Å². The van der Waals surface area contributed by atoms with E-state index in [1.165, 1.54) is 12.1 Å². The Morgan fingerprint density at radius 2 is 1.58 bits per heavy atom. The van der Waals surface area contributed by atoms with Crippen LogP contribution in [0.2, 0.25) is 5.02 Å². The molecule has 2 aromatic carbocycles. The highest BCUT2D eigenvalue weighted by atomic mass is 35.5. The Bertz CT molecular complexity index is 732. The SMILES string of the molecule is CN=C(NCCNC(=O)c1ccc(Cl)cc1)NCCc1ccc(F)cc1. The highest BCUT2D eigenvalue weighted by Gasteiger charge is 2.04. The molecule has 0 unspecified atom stereocenters. The molecule has 5 nitrogen and oxygen atoms in total. The van der Waals surface area contributed by atoms with Crippen molar-refractivity contribution in [2.24, 2.45) is 4.99 Å². The summed E-state index contributed by atoms with van der Waals surface area (Å²) in [6, 6.07) is 13.2. The van der Waals surface area contributed by atoms with Crippen LogP contribution in [0.4, 0.5) is 4.39 Å². The second-order valence-electron chi connectivity index (χ2n) is 5.57. The number of guanidine groups is 1. The maximum absolute atomic E-state index is 12.9. The molecule has 0 saturated carbocycles. The van der Waals surface area contributed by atoms with Gasteiger partial charge in [-0.3, -0.25) is 9.79 Å². The molecule has 1 amide bonds. The number of carbonyl (C=O) groups is 1. The molecule has 0 fully saturated rings. The molecule has 26 heavy (non-hydrogen) atoms. The number of halogens is 2. The minimum atomic E-state index is -0.236. The first-order valence-electron chi connectivity index (χ1n) is 8.31. The summed E-state index contributed by atoms with van der Waals surface area (Å²) in [4.78, 5) is 16.1. The quantitative estimate of drug-likeness (QED) is 0.395. The van der Waals surface area contributed by atoms with Crippen molar-refractivity contribution in [1.82, 2.24) is 16.0 Å². The first-order chi connectivity index (χ1) is 12.6. The molecule has 0 aromatic heterocycles. The van der Waals surface area contributed by atoms with Gasteiger partial charge in [-0.15, -0.1) is 0 Å². The third-order valence-corrected chi connectivity index (χ3v) is 3.90. The Balaban J connectivity index is 1.64. The fourth-order valence-electron chi connectivity index (χ4n) is 2.26. The Hall–Kier alpha value is -2.60. The van der Waals surface area contributed by atoms with Crippen LogP contribution in [0.25, 0.3) is 0 Å². The second kappa shape index (κ2) is 10.4. The van der Waals surface area contributed by atoms with Gasteiger partial charge in [0.05, 0.1) is 0 Å². The molecule has 0 aliphatic carbocycles. The molecule has 0 radical (unpaired) electrons. The van der Waals surface area contributed by atoms with E-state index in [1.54, 1.807) is 43.4 Å². The van der Waals surface area contributed by atoms with E-state index in [4.69, 9.17) is 11.6 Å². The summed E-state index contributed by atoms with van der Waals surface area (Å²) in [5.41, 5.74) is 1.61. The van der Waals surface area contributed by atoms with E-state index in [0.717, 1.165) is 12.0 Å². The highest BCUT2D eigenvalue weighted by molar-refractivity contribution is 6.30. The zero-order valence-corrected chi connectivity index (χ0v) is 15.3. The second-order valence-corrected chi connectivity index (χ2v) is 6.00. The molecule has 138 valence electrons. The third-order valence-electron chi connectivity index (χ3n) is 3.65. The molecule has 7 heteroatoms. The predicted molar refractivity (Wildman–Crippen MR) is 103 cm³/mol. The predicted octanol–water partition coefficient (Wildman–Crippen LogP) is 2.62. The van der Waals surface area contributed by atoms with E-state index in [1.807, 2.05) is 0 Å². The number of benzene rings is 2. The molecular formula is C19H22ClFN4O. The molecule has 0 aliphatic heterocycles. The van der Waals surface area contributed by atoms with E-state index in [0.29, 0.717) is 36.2 Å². The van der Waals surface area contributed by atoms with Crippen molar-refractivity contribution in [3.8, 4) is 0 Å². The van der Waals surface area contributed by atoms with Gasteiger partial charge < -0.3 is 16.0 Å². The zero-order chi connectivity index (χ0) is 18.8. The monoisotopic (exact) mass is 376 g/mol. The van der Waals surface area contributed by atoms with Crippen molar-refractivity contribution in [3.05, 3.63) is 70.5 Å². The van der Waals surface area contributed by atoms with Crippen molar-refractivity contribution < 1.29 is 9.18 Å². The van der Waals surface area contributed by atoms with Crippen LogP contribution in [0.3, 0.4) is 0 Å². The van der Waals surface area contributed by atoms with Gasteiger partial charge in [0.2, 0.25) is 0 Å². The molecule has 0 heterocycles. The topological polar surface area (TPSA) is 65.5 Å². The molecule has 0 saturated heterocycles. The van der Waals surface area contributed by atoms with Crippen LogP contribution >= 0.6 is 11.6 Å². The minimum Gasteiger partial charge on any atom is -0.356 e. The molecule has 0 atom stereocenters. The average molecular weight is 377 g/mol. The van der Waals surface area contributed by atoms with Crippen molar-refractivity contribution in [1.29, 1.82) is 0 Å². The van der Waals surface area contributed by atoms with Gasteiger partial charge in [-0.05, 0) is 48.4 Å². The summed E-state index contributed by atoms with van der Waals surface area (Å²) in [6.45, 7) is 1.66. The normalized spacial score (nSPS) is 11.1. The van der Waals surface area contributed by atoms with E-state index in [-0.39, 0.29) is 11.7 Å². The van der Waals surface area contributed by atoms with Crippen molar-refractivity contribution >= 4 is 23.5 Å². The summed E-state index contributed by atoms with van der Waals surface area (Å²) in [5, 5.41) is 9.72.